The molecule has 12 nitrogen and oxygen atoms in total. The first-order chi connectivity index (χ1) is 23.2. The number of Topliss-reactive ketones (excluding diaryl/α,β-unsaturated/α-hetero) is 2. The Morgan fingerprint density at radius 2 is 1.69 bits per heavy atom. The Kier molecular flexibility index (Phi) is 8.91. The van der Waals surface area contributed by atoms with Crippen LogP contribution in [-0.4, -0.2) is 94.6 Å². The van der Waals surface area contributed by atoms with Gasteiger partial charge in [0.05, 0.1) is 17.7 Å². The number of carbonyl (C=O) groups excluding carboxylic acids is 3. The number of phenols is 1. The first kappa shape index (κ1) is 34.0. The number of nitrogens with zero attached hydrogens (tertiary/aromatic N) is 3. The maximum Gasteiger partial charge on any atom is 0.255 e. The van der Waals surface area contributed by atoms with E-state index in [9.17, 15) is 34.8 Å². The fourth-order valence-electron chi connectivity index (χ4n) is 7.48. The van der Waals surface area contributed by atoms with Crippen LogP contribution >= 0.6 is 0 Å². The zero-order valence-electron chi connectivity index (χ0n) is 28.1. The van der Waals surface area contributed by atoms with Crippen LogP contribution in [0, 0.1) is 11.8 Å². The highest BCUT2D eigenvalue weighted by atomic mass is 16.4. The van der Waals surface area contributed by atoms with E-state index in [1.807, 2.05) is 57.4 Å². The summed E-state index contributed by atoms with van der Waals surface area (Å²) in [5, 5.41) is 45.2. The lowest BCUT2D eigenvalue weighted by Crippen LogP contribution is -2.57. The van der Waals surface area contributed by atoms with Crippen molar-refractivity contribution >= 4 is 23.2 Å². The number of carbonyl (C=O) groups is 3. The van der Waals surface area contributed by atoms with Crippen molar-refractivity contribution in [2.24, 2.45) is 17.6 Å². The highest BCUT2D eigenvalue weighted by Crippen LogP contribution is 2.53. The summed E-state index contributed by atoms with van der Waals surface area (Å²) in [5.74, 6) is -5.64. The van der Waals surface area contributed by atoms with Gasteiger partial charge in [0.2, 0.25) is 5.78 Å². The van der Waals surface area contributed by atoms with Gasteiger partial charge >= 0.3 is 0 Å². The van der Waals surface area contributed by atoms with Crippen LogP contribution in [0.1, 0.15) is 40.1 Å². The van der Waals surface area contributed by atoms with Crippen LogP contribution in [0.15, 0.2) is 75.6 Å². The van der Waals surface area contributed by atoms with E-state index in [0.29, 0.717) is 35.9 Å². The number of hydrogen-bond donors (Lipinski definition) is 5. The molecule has 12 heteroatoms. The molecule has 0 bridgehead atoms. The molecule has 3 aromatic rings. The molecule has 3 atom stereocenters. The van der Waals surface area contributed by atoms with Crippen molar-refractivity contribution in [3.8, 4) is 17.1 Å². The van der Waals surface area contributed by atoms with Gasteiger partial charge in [-0.25, -0.2) is 0 Å². The Balaban J connectivity index is 1.38. The Hall–Kier alpha value is -4.91. The van der Waals surface area contributed by atoms with Gasteiger partial charge in [-0.1, -0.05) is 30.3 Å². The Labute approximate surface area is 284 Å². The van der Waals surface area contributed by atoms with Crippen molar-refractivity contribution in [3.63, 3.8) is 0 Å². The number of aliphatic hydroxyl groups is 3. The topological polar surface area (TPSA) is 181 Å². The number of phenolic OH excluding ortho intramolecular Hbond substituents is 1. The maximum absolute atomic E-state index is 14.3. The number of allylic oxidation sites excluding steroid dienone is 2. The van der Waals surface area contributed by atoms with E-state index in [1.165, 1.54) is 0 Å². The van der Waals surface area contributed by atoms with Gasteiger partial charge in [0.25, 0.3) is 5.91 Å². The van der Waals surface area contributed by atoms with Crippen LogP contribution < -0.4 is 10.6 Å². The number of anilines is 1. The van der Waals surface area contributed by atoms with Crippen molar-refractivity contribution in [2.45, 2.75) is 38.0 Å². The highest BCUT2D eigenvalue weighted by Gasteiger charge is 2.59. The van der Waals surface area contributed by atoms with Crippen LogP contribution in [0.4, 0.5) is 5.69 Å². The van der Waals surface area contributed by atoms with E-state index in [0.717, 1.165) is 18.7 Å². The minimum Gasteiger partial charge on any atom is -0.511 e. The van der Waals surface area contributed by atoms with E-state index in [2.05, 4.69) is 21.9 Å². The molecule has 1 heterocycles. The van der Waals surface area contributed by atoms with E-state index in [1.54, 1.807) is 12.1 Å². The summed E-state index contributed by atoms with van der Waals surface area (Å²) in [5.41, 5.74) is 4.26. The Bertz CT molecular complexity index is 1890. The zero-order chi connectivity index (χ0) is 35.4. The Morgan fingerprint density at radius 1 is 0.980 bits per heavy atom. The summed E-state index contributed by atoms with van der Waals surface area (Å²) >= 11 is 0. The molecule has 0 radical (unpaired) electrons. The maximum atomic E-state index is 14.3. The summed E-state index contributed by atoms with van der Waals surface area (Å²) in [7, 11) is 7.67. The molecule has 0 unspecified atom stereocenters. The predicted octanol–water partition coefficient (Wildman–Crippen LogP) is 3.47. The minimum atomic E-state index is -2.62. The van der Waals surface area contributed by atoms with Crippen molar-refractivity contribution in [1.29, 1.82) is 0 Å². The summed E-state index contributed by atoms with van der Waals surface area (Å²) in [4.78, 5) is 45.8. The number of benzene rings is 2. The molecule has 0 fully saturated rings. The van der Waals surface area contributed by atoms with Gasteiger partial charge < -0.3 is 40.4 Å². The molecule has 1 amide bonds. The van der Waals surface area contributed by atoms with Gasteiger partial charge in [-0.05, 0) is 62.2 Å². The molecule has 3 aliphatic carbocycles. The number of aliphatic hydroxyl groups excluding tert-OH is 2. The van der Waals surface area contributed by atoms with Crippen LogP contribution in [0.25, 0.3) is 11.3 Å². The van der Waals surface area contributed by atoms with E-state index >= 15 is 0 Å². The molecule has 6 rings (SSSR count). The quantitative estimate of drug-likeness (QED) is 0.199. The van der Waals surface area contributed by atoms with Crippen molar-refractivity contribution in [3.05, 3.63) is 93.6 Å². The van der Waals surface area contributed by atoms with E-state index < -0.39 is 52.0 Å². The van der Waals surface area contributed by atoms with Gasteiger partial charge in [-0.2, -0.15) is 0 Å². The molecular weight excluding hydrogens is 628 g/mol. The van der Waals surface area contributed by atoms with Crippen LogP contribution in [-0.2, 0) is 29.1 Å². The number of nitrogens with two attached hydrogens (primary N) is 1. The SMILES string of the molecule is CN(C)CCN(Cc1ccccc1)Cc1ccc(-c2cc(N(C)C)c3c(c2O)C(=O)C2=C(O)[C@]4(O)C(=O)C(C(N)=O)=C(O)C[C@@H]4C[C@@H]2C3)o1. The summed E-state index contributed by atoms with van der Waals surface area (Å²) in [6, 6.07) is 15.5. The number of fused-ring (bicyclic) bond motifs is 3. The predicted molar refractivity (Wildman–Crippen MR) is 182 cm³/mol. The third-order valence-electron chi connectivity index (χ3n) is 9.94. The molecule has 49 heavy (non-hydrogen) atoms. The van der Waals surface area contributed by atoms with Gasteiger partial charge in [-0.15, -0.1) is 0 Å². The van der Waals surface area contributed by atoms with Crippen LogP contribution in [0.3, 0.4) is 0 Å². The second kappa shape index (κ2) is 12.8. The summed E-state index contributed by atoms with van der Waals surface area (Å²) in [6.45, 7) is 2.83. The minimum absolute atomic E-state index is 0.0625. The molecule has 258 valence electrons. The number of hydrogen-bond acceptors (Lipinski definition) is 11. The van der Waals surface area contributed by atoms with Crippen LogP contribution in [0.5, 0.6) is 5.75 Å². The van der Waals surface area contributed by atoms with E-state index in [-0.39, 0.29) is 41.7 Å². The van der Waals surface area contributed by atoms with Gasteiger partial charge in [0.15, 0.2) is 11.4 Å². The number of amides is 1. The molecule has 0 aliphatic heterocycles. The molecule has 2 aromatic carbocycles. The lowest BCUT2D eigenvalue weighted by Gasteiger charge is -2.45. The molecule has 1 aromatic heterocycles. The monoisotopic (exact) mass is 670 g/mol. The largest absolute Gasteiger partial charge is 0.511 e. The third kappa shape index (κ3) is 5.90. The van der Waals surface area contributed by atoms with Crippen molar-refractivity contribution in [1.82, 2.24) is 9.80 Å². The molecular formula is C37H42N4O8. The lowest BCUT2D eigenvalue weighted by atomic mass is 9.60. The molecule has 3 aliphatic rings. The van der Waals surface area contributed by atoms with Crippen LogP contribution in [0.2, 0.25) is 0 Å². The number of furan rings is 1. The molecule has 0 spiro atoms. The van der Waals surface area contributed by atoms with Gasteiger partial charge in [0, 0.05) is 57.3 Å². The standard InChI is InChI=1S/C37H42N4O8/c1-39(2)12-13-41(18-20-8-6-5-7-9-20)19-23-10-11-28(49-23)25-17-26(40(3)4)24-15-21-14-22-16-27(42)31(36(38)47)35(46)37(22,48)34(45)29(21)33(44)30(24)32(25)43/h5-11,17,21-22,42-43,45,48H,12-16,18-19H2,1-4H3,(H2,38,47)/t21-,22+,37+/m1/s1. The molecule has 0 saturated carbocycles. The van der Waals surface area contributed by atoms with Crippen molar-refractivity contribution in [2.75, 3.05) is 46.2 Å². The number of rotatable bonds is 10. The first-order valence-electron chi connectivity index (χ1n) is 16.3. The number of likely N-dealkylation sites (N-methyl/N-ethyl adjacent to an activating group) is 1. The fraction of sp³-hybridized carbons (Fsp3) is 0.378. The average Bonchev–Trinajstić information content (AvgIpc) is 3.50. The first-order valence-corrected chi connectivity index (χ1v) is 16.3. The third-order valence-corrected chi connectivity index (χ3v) is 9.94. The second-order valence-electron chi connectivity index (χ2n) is 13.7. The van der Waals surface area contributed by atoms with E-state index in [4.69, 9.17) is 10.2 Å². The summed E-state index contributed by atoms with van der Waals surface area (Å²) in [6.07, 6.45) is -0.00844. The molecule has 6 N–H and O–H groups in total. The Morgan fingerprint density at radius 3 is 2.35 bits per heavy atom. The number of aromatic hydroxyl groups is 1. The van der Waals surface area contributed by atoms with Crippen molar-refractivity contribution < 1.29 is 39.2 Å². The number of ketones is 2. The molecule has 0 saturated heterocycles. The van der Waals surface area contributed by atoms with Gasteiger partial charge in [0.1, 0.15) is 34.4 Å². The highest BCUT2D eigenvalue weighted by molar-refractivity contribution is 6.24. The van der Waals surface area contributed by atoms with Gasteiger partial charge in [-0.3, -0.25) is 19.3 Å². The zero-order valence-corrected chi connectivity index (χ0v) is 28.1. The number of primary amides is 1. The lowest BCUT2D eigenvalue weighted by molar-refractivity contribution is -0.144. The normalized spacial score (nSPS) is 22.0. The second-order valence-corrected chi connectivity index (χ2v) is 13.7. The fourth-order valence-corrected chi connectivity index (χ4v) is 7.48. The smallest absolute Gasteiger partial charge is 0.255 e. The average molecular weight is 671 g/mol. The summed E-state index contributed by atoms with van der Waals surface area (Å²) < 4.78 is 6.30.